The predicted molar refractivity (Wildman–Crippen MR) is 121 cm³/mol. The lowest BCUT2D eigenvalue weighted by atomic mass is 9.99. The molecule has 0 aromatic rings. The molecule has 0 aromatic heterocycles. The molecule has 0 aliphatic heterocycles. The minimum Gasteiger partial charge on any atom is -0.466 e. The smallest absolute Gasteiger partial charge is 0.305 e. The Kier molecular flexibility index (Phi) is 20.9. The quantitative estimate of drug-likeness (QED) is 0.146. The molecule has 4 heteroatoms. The molecule has 0 aliphatic rings. The summed E-state index contributed by atoms with van der Waals surface area (Å²) in [6.45, 7) is 7.59. The van der Waals surface area contributed by atoms with Crippen molar-refractivity contribution in [3.05, 3.63) is 0 Å². The number of carbonyl (C=O) groups excluding carboxylic acids is 2. The zero-order chi connectivity index (χ0) is 21.6. The second kappa shape index (κ2) is 21.6. The Bertz CT molecular complexity index is 375. The van der Waals surface area contributed by atoms with Crippen molar-refractivity contribution in [1.82, 2.24) is 0 Å². The molecule has 0 bridgehead atoms. The van der Waals surface area contributed by atoms with Crippen LogP contribution in [-0.4, -0.2) is 25.2 Å². The van der Waals surface area contributed by atoms with Gasteiger partial charge in [-0.2, -0.15) is 0 Å². The highest BCUT2D eigenvalue weighted by Crippen LogP contribution is 2.14. The zero-order valence-electron chi connectivity index (χ0n) is 19.6. The van der Waals surface area contributed by atoms with Crippen LogP contribution in [0.25, 0.3) is 0 Å². The van der Waals surface area contributed by atoms with E-state index in [4.69, 9.17) is 9.47 Å². The summed E-state index contributed by atoms with van der Waals surface area (Å²) in [4.78, 5) is 23.6. The van der Waals surface area contributed by atoms with E-state index in [-0.39, 0.29) is 11.9 Å². The third-order valence-electron chi connectivity index (χ3n) is 5.40. The molecule has 0 heterocycles. The summed E-state index contributed by atoms with van der Waals surface area (Å²) < 4.78 is 10.6. The van der Waals surface area contributed by atoms with Crippen molar-refractivity contribution in [2.75, 3.05) is 13.2 Å². The number of hydrogen-bond donors (Lipinski definition) is 0. The van der Waals surface area contributed by atoms with E-state index in [2.05, 4.69) is 20.8 Å². The number of esters is 2. The van der Waals surface area contributed by atoms with Gasteiger partial charge in [0.1, 0.15) is 0 Å². The average Bonchev–Trinajstić information content (AvgIpc) is 2.70. The first-order chi connectivity index (χ1) is 14.1. The van der Waals surface area contributed by atoms with Crippen LogP contribution in [0, 0.1) is 5.92 Å². The predicted octanol–water partition coefficient (Wildman–Crippen LogP) is 7.38. The third-order valence-corrected chi connectivity index (χ3v) is 5.40. The van der Waals surface area contributed by atoms with E-state index in [0.29, 0.717) is 38.4 Å². The molecule has 0 fully saturated rings. The zero-order valence-corrected chi connectivity index (χ0v) is 19.6. The number of unbranched alkanes of at least 4 members (excludes halogenated alkanes) is 9. The van der Waals surface area contributed by atoms with Gasteiger partial charge in [0.25, 0.3) is 0 Å². The van der Waals surface area contributed by atoms with Gasteiger partial charge in [-0.15, -0.1) is 0 Å². The average molecular weight is 413 g/mol. The summed E-state index contributed by atoms with van der Waals surface area (Å²) in [5, 5.41) is 0. The number of carbonyl (C=O) groups is 2. The molecule has 0 saturated carbocycles. The summed E-state index contributed by atoms with van der Waals surface area (Å²) in [5.41, 5.74) is 0. The Morgan fingerprint density at radius 1 is 0.586 bits per heavy atom. The largest absolute Gasteiger partial charge is 0.466 e. The summed E-state index contributed by atoms with van der Waals surface area (Å²) in [6, 6.07) is 0. The second-order valence-electron chi connectivity index (χ2n) is 8.38. The van der Waals surface area contributed by atoms with Gasteiger partial charge in [-0.1, -0.05) is 91.4 Å². The normalized spacial score (nSPS) is 11.0. The lowest BCUT2D eigenvalue weighted by Crippen LogP contribution is -2.14. The van der Waals surface area contributed by atoms with Gasteiger partial charge in [-0.3, -0.25) is 9.59 Å². The van der Waals surface area contributed by atoms with Crippen LogP contribution in [0.5, 0.6) is 0 Å². The highest BCUT2D eigenvalue weighted by atomic mass is 16.5. The highest BCUT2D eigenvalue weighted by Gasteiger charge is 2.11. The number of rotatable bonds is 21. The van der Waals surface area contributed by atoms with Crippen LogP contribution in [0.4, 0.5) is 0 Å². The van der Waals surface area contributed by atoms with Crippen LogP contribution in [0.3, 0.4) is 0 Å². The molecule has 4 nitrogen and oxygen atoms in total. The van der Waals surface area contributed by atoms with Crippen molar-refractivity contribution in [3.8, 4) is 0 Å². The molecule has 29 heavy (non-hydrogen) atoms. The molecule has 0 rings (SSSR count). The standard InChI is InChI=1S/C25H48O4/c1-4-7-8-9-10-11-12-13-14-15-21-28-24(26)19-16-20-25(27)29-22-23(17-5-2)18-6-3/h23H,4-22H2,1-3H3. The summed E-state index contributed by atoms with van der Waals surface area (Å²) in [7, 11) is 0. The summed E-state index contributed by atoms with van der Waals surface area (Å²) in [5.74, 6) is 0.0910. The van der Waals surface area contributed by atoms with Gasteiger partial charge in [0.15, 0.2) is 0 Å². The van der Waals surface area contributed by atoms with Gasteiger partial charge in [-0.05, 0) is 31.6 Å². The van der Waals surface area contributed by atoms with Gasteiger partial charge >= 0.3 is 11.9 Å². The first-order valence-corrected chi connectivity index (χ1v) is 12.4. The van der Waals surface area contributed by atoms with Crippen molar-refractivity contribution in [2.24, 2.45) is 5.92 Å². The fourth-order valence-electron chi connectivity index (χ4n) is 3.64. The molecular weight excluding hydrogens is 364 g/mol. The fraction of sp³-hybridized carbons (Fsp3) is 0.920. The van der Waals surface area contributed by atoms with Crippen molar-refractivity contribution >= 4 is 11.9 Å². The highest BCUT2D eigenvalue weighted by molar-refractivity contribution is 5.72. The van der Waals surface area contributed by atoms with Gasteiger partial charge in [0, 0.05) is 12.8 Å². The van der Waals surface area contributed by atoms with Crippen molar-refractivity contribution in [1.29, 1.82) is 0 Å². The van der Waals surface area contributed by atoms with Gasteiger partial charge < -0.3 is 9.47 Å². The van der Waals surface area contributed by atoms with Crippen molar-refractivity contribution in [3.63, 3.8) is 0 Å². The molecule has 0 aromatic carbocycles. The van der Waals surface area contributed by atoms with Crippen LogP contribution < -0.4 is 0 Å². The van der Waals surface area contributed by atoms with E-state index in [1.54, 1.807) is 0 Å². The maximum atomic E-state index is 11.8. The van der Waals surface area contributed by atoms with Crippen LogP contribution in [0.2, 0.25) is 0 Å². The van der Waals surface area contributed by atoms with E-state index in [0.717, 1.165) is 38.5 Å². The first kappa shape index (κ1) is 27.9. The minimum atomic E-state index is -0.191. The lowest BCUT2D eigenvalue weighted by Gasteiger charge is -2.15. The van der Waals surface area contributed by atoms with Crippen LogP contribution in [-0.2, 0) is 19.1 Å². The lowest BCUT2D eigenvalue weighted by molar-refractivity contribution is -0.146. The summed E-state index contributed by atoms with van der Waals surface area (Å²) in [6.07, 6.45) is 18.3. The van der Waals surface area contributed by atoms with E-state index in [1.807, 2.05) is 0 Å². The Morgan fingerprint density at radius 3 is 1.59 bits per heavy atom. The van der Waals surface area contributed by atoms with Crippen LogP contribution >= 0.6 is 0 Å². The number of hydrogen-bond acceptors (Lipinski definition) is 4. The Morgan fingerprint density at radius 2 is 1.07 bits per heavy atom. The molecule has 0 saturated heterocycles. The molecule has 0 unspecified atom stereocenters. The maximum absolute atomic E-state index is 11.8. The molecule has 0 N–H and O–H groups in total. The van der Waals surface area contributed by atoms with Crippen LogP contribution in [0.15, 0.2) is 0 Å². The molecule has 0 amide bonds. The Hall–Kier alpha value is -1.06. The van der Waals surface area contributed by atoms with Crippen LogP contribution in [0.1, 0.15) is 130 Å². The van der Waals surface area contributed by atoms with E-state index >= 15 is 0 Å². The molecular formula is C25H48O4. The SMILES string of the molecule is CCCCCCCCCCCCOC(=O)CCCC(=O)OCC(CCC)CCC. The Balaban J connectivity index is 3.48. The van der Waals surface area contributed by atoms with Gasteiger partial charge in [0.05, 0.1) is 13.2 Å². The number of ether oxygens (including phenoxy) is 2. The fourth-order valence-corrected chi connectivity index (χ4v) is 3.64. The second-order valence-corrected chi connectivity index (χ2v) is 8.38. The van der Waals surface area contributed by atoms with Crippen molar-refractivity contribution < 1.29 is 19.1 Å². The molecule has 0 aliphatic carbocycles. The Labute approximate surface area is 180 Å². The first-order valence-electron chi connectivity index (χ1n) is 12.4. The van der Waals surface area contributed by atoms with E-state index < -0.39 is 0 Å². The molecule has 0 atom stereocenters. The van der Waals surface area contributed by atoms with E-state index in [1.165, 1.54) is 51.4 Å². The maximum Gasteiger partial charge on any atom is 0.305 e. The van der Waals surface area contributed by atoms with Gasteiger partial charge in [-0.25, -0.2) is 0 Å². The molecule has 0 radical (unpaired) electrons. The third kappa shape index (κ3) is 20.0. The van der Waals surface area contributed by atoms with Gasteiger partial charge in [0.2, 0.25) is 0 Å². The monoisotopic (exact) mass is 412 g/mol. The molecule has 0 spiro atoms. The summed E-state index contributed by atoms with van der Waals surface area (Å²) >= 11 is 0. The van der Waals surface area contributed by atoms with E-state index in [9.17, 15) is 9.59 Å². The topological polar surface area (TPSA) is 52.6 Å². The van der Waals surface area contributed by atoms with Crippen molar-refractivity contribution in [2.45, 2.75) is 130 Å². The minimum absolute atomic E-state index is 0.190. The molecule has 172 valence electrons.